The number of nitrogens with zero attached hydrogens (tertiary/aromatic N) is 2. The van der Waals surface area contributed by atoms with Crippen LogP contribution >= 0.6 is 0 Å². The highest BCUT2D eigenvalue weighted by molar-refractivity contribution is 5.96. The van der Waals surface area contributed by atoms with Crippen molar-refractivity contribution >= 4 is 12.1 Å². The van der Waals surface area contributed by atoms with Gasteiger partial charge in [0.2, 0.25) is 0 Å². The number of hydrogen-bond acceptors (Lipinski definition) is 5. The lowest BCUT2D eigenvalue weighted by atomic mass is 10.0. The molecule has 0 bridgehead atoms. The molecule has 0 spiro atoms. The first-order valence-corrected chi connectivity index (χ1v) is 9.94. The molecule has 4 rings (SSSR count). The maximum atomic E-state index is 12.5. The number of nitrogens with one attached hydrogen (secondary N) is 2. The molecule has 0 aliphatic heterocycles. The fourth-order valence-electron chi connectivity index (χ4n) is 3.29. The van der Waals surface area contributed by atoms with Gasteiger partial charge in [-0.2, -0.15) is 10.2 Å². The van der Waals surface area contributed by atoms with Crippen LogP contribution in [-0.4, -0.2) is 36.5 Å². The van der Waals surface area contributed by atoms with Gasteiger partial charge >= 0.3 is 0 Å². The summed E-state index contributed by atoms with van der Waals surface area (Å²) in [5.41, 5.74) is 7.54. The van der Waals surface area contributed by atoms with Gasteiger partial charge in [-0.05, 0) is 41.5 Å². The molecule has 0 saturated heterocycles. The fourth-order valence-corrected chi connectivity index (χ4v) is 3.29. The zero-order chi connectivity index (χ0) is 22.3. The summed E-state index contributed by atoms with van der Waals surface area (Å²) in [6, 6.07) is 22.9. The number of benzene rings is 3. The third kappa shape index (κ3) is 4.52. The molecule has 1 heterocycles. The van der Waals surface area contributed by atoms with Gasteiger partial charge in [-0.1, -0.05) is 42.5 Å². The van der Waals surface area contributed by atoms with Crippen molar-refractivity contribution in [1.82, 2.24) is 15.6 Å². The predicted octanol–water partition coefficient (Wildman–Crippen LogP) is 4.52. The van der Waals surface area contributed by atoms with E-state index in [1.165, 1.54) is 0 Å². The number of carbonyl (C=O) groups excluding carboxylic acids is 1. The lowest BCUT2D eigenvalue weighted by molar-refractivity contribution is 0.0955. The summed E-state index contributed by atoms with van der Waals surface area (Å²) < 4.78 is 10.6. The van der Waals surface area contributed by atoms with Gasteiger partial charge < -0.3 is 9.47 Å². The Hall–Kier alpha value is -4.39. The number of hydrogen-bond donors (Lipinski definition) is 2. The van der Waals surface area contributed by atoms with E-state index in [0.29, 0.717) is 17.1 Å². The monoisotopic (exact) mass is 426 g/mol. The number of hydrazone groups is 1. The van der Waals surface area contributed by atoms with Gasteiger partial charge in [0.25, 0.3) is 5.91 Å². The standard InChI is InChI=1S/C25H22N4O3/c1-31-22-13-12-20(14-23(22)32-2)24-21(15-26-28-24)16-27-29-25(30)19-10-8-18(9-11-19)17-6-4-3-5-7-17/h3-16H,1-2H3,(H,26,28)(H,29,30)/b27-16-. The second-order valence-corrected chi connectivity index (χ2v) is 6.91. The van der Waals surface area contributed by atoms with Crippen LogP contribution in [0.25, 0.3) is 22.4 Å². The number of rotatable bonds is 7. The third-order valence-corrected chi connectivity index (χ3v) is 4.96. The van der Waals surface area contributed by atoms with Crippen LogP contribution in [0.3, 0.4) is 0 Å². The van der Waals surface area contributed by atoms with E-state index in [1.807, 2.05) is 60.7 Å². The van der Waals surface area contributed by atoms with Crippen LogP contribution in [0.1, 0.15) is 15.9 Å². The van der Waals surface area contributed by atoms with Gasteiger partial charge in [0, 0.05) is 16.7 Å². The molecule has 0 aliphatic carbocycles. The van der Waals surface area contributed by atoms with Crippen LogP contribution in [0.5, 0.6) is 11.5 Å². The van der Waals surface area contributed by atoms with Gasteiger partial charge in [-0.15, -0.1) is 0 Å². The first-order chi connectivity index (χ1) is 15.7. The molecule has 0 radical (unpaired) electrons. The second-order valence-electron chi connectivity index (χ2n) is 6.91. The van der Waals surface area contributed by atoms with E-state index < -0.39 is 0 Å². The summed E-state index contributed by atoms with van der Waals surface area (Å²) in [7, 11) is 3.17. The third-order valence-electron chi connectivity index (χ3n) is 4.96. The Morgan fingerprint density at radius 2 is 1.59 bits per heavy atom. The summed E-state index contributed by atoms with van der Waals surface area (Å²) in [6.45, 7) is 0. The van der Waals surface area contributed by atoms with Crippen molar-refractivity contribution in [3.63, 3.8) is 0 Å². The lowest BCUT2D eigenvalue weighted by Crippen LogP contribution is -2.17. The summed E-state index contributed by atoms with van der Waals surface area (Å²) in [5.74, 6) is 0.947. The molecule has 7 heteroatoms. The Morgan fingerprint density at radius 1 is 0.906 bits per heavy atom. The maximum absolute atomic E-state index is 12.5. The topological polar surface area (TPSA) is 88.6 Å². The molecule has 0 unspecified atom stereocenters. The van der Waals surface area contributed by atoms with E-state index in [0.717, 1.165) is 27.9 Å². The average Bonchev–Trinajstić information content (AvgIpc) is 3.32. The number of H-pyrrole nitrogens is 1. The van der Waals surface area contributed by atoms with E-state index in [-0.39, 0.29) is 5.91 Å². The Morgan fingerprint density at radius 3 is 2.31 bits per heavy atom. The maximum Gasteiger partial charge on any atom is 0.271 e. The number of carbonyl (C=O) groups is 1. The highest BCUT2D eigenvalue weighted by Crippen LogP contribution is 2.32. The van der Waals surface area contributed by atoms with Crippen molar-refractivity contribution in [3.05, 3.63) is 90.1 Å². The van der Waals surface area contributed by atoms with E-state index in [2.05, 4.69) is 20.7 Å². The Bertz CT molecular complexity index is 1230. The van der Waals surface area contributed by atoms with Crippen LogP contribution in [0.2, 0.25) is 0 Å². The molecule has 0 saturated carbocycles. The Kier molecular flexibility index (Phi) is 6.27. The van der Waals surface area contributed by atoms with Crippen LogP contribution in [0.4, 0.5) is 0 Å². The van der Waals surface area contributed by atoms with Crippen LogP contribution in [-0.2, 0) is 0 Å². The number of aromatic amines is 1. The van der Waals surface area contributed by atoms with Gasteiger partial charge in [-0.25, -0.2) is 5.43 Å². The second kappa shape index (κ2) is 9.61. The van der Waals surface area contributed by atoms with Crippen molar-refractivity contribution in [2.24, 2.45) is 5.10 Å². The van der Waals surface area contributed by atoms with Crippen molar-refractivity contribution in [1.29, 1.82) is 0 Å². The summed E-state index contributed by atoms with van der Waals surface area (Å²) in [5, 5.41) is 11.1. The van der Waals surface area contributed by atoms with Gasteiger partial charge in [0.15, 0.2) is 11.5 Å². The zero-order valence-corrected chi connectivity index (χ0v) is 17.7. The molecule has 3 aromatic carbocycles. The summed E-state index contributed by atoms with van der Waals surface area (Å²) in [4.78, 5) is 12.5. The highest BCUT2D eigenvalue weighted by Gasteiger charge is 2.11. The SMILES string of the molecule is COc1ccc(-c2[nH]ncc2/C=N\NC(=O)c2ccc(-c3ccccc3)cc2)cc1OC. The number of ether oxygens (including phenoxy) is 2. The number of aromatic nitrogens is 2. The summed E-state index contributed by atoms with van der Waals surface area (Å²) in [6.07, 6.45) is 3.18. The minimum absolute atomic E-state index is 0.294. The molecule has 4 aromatic rings. The van der Waals surface area contributed by atoms with Crippen molar-refractivity contribution < 1.29 is 14.3 Å². The predicted molar refractivity (Wildman–Crippen MR) is 124 cm³/mol. The van der Waals surface area contributed by atoms with Crippen molar-refractivity contribution in [2.45, 2.75) is 0 Å². The molecule has 2 N–H and O–H groups in total. The van der Waals surface area contributed by atoms with Gasteiger partial charge in [0.05, 0.1) is 32.3 Å². The Balaban J connectivity index is 1.45. The zero-order valence-electron chi connectivity index (χ0n) is 17.7. The lowest BCUT2D eigenvalue weighted by Gasteiger charge is -2.09. The normalized spacial score (nSPS) is 10.8. The Labute approximate surface area is 185 Å². The van der Waals surface area contributed by atoms with E-state index in [4.69, 9.17) is 9.47 Å². The van der Waals surface area contributed by atoms with E-state index in [9.17, 15) is 4.79 Å². The van der Waals surface area contributed by atoms with Crippen molar-refractivity contribution in [2.75, 3.05) is 14.2 Å². The molecule has 0 atom stereocenters. The fraction of sp³-hybridized carbons (Fsp3) is 0.0800. The largest absolute Gasteiger partial charge is 0.493 e. The van der Waals surface area contributed by atoms with Gasteiger partial charge in [0.1, 0.15) is 0 Å². The molecule has 0 fully saturated rings. The van der Waals surface area contributed by atoms with Crippen molar-refractivity contribution in [3.8, 4) is 33.9 Å². The molecular formula is C25H22N4O3. The van der Waals surface area contributed by atoms with Gasteiger partial charge in [-0.3, -0.25) is 9.89 Å². The average molecular weight is 426 g/mol. The molecule has 1 amide bonds. The van der Waals surface area contributed by atoms with Crippen LogP contribution < -0.4 is 14.9 Å². The van der Waals surface area contributed by atoms with Crippen LogP contribution in [0.15, 0.2) is 84.1 Å². The first-order valence-electron chi connectivity index (χ1n) is 9.94. The smallest absolute Gasteiger partial charge is 0.271 e. The number of methoxy groups -OCH3 is 2. The molecular weight excluding hydrogens is 404 g/mol. The molecule has 0 aliphatic rings. The minimum Gasteiger partial charge on any atom is -0.493 e. The quantitative estimate of drug-likeness (QED) is 0.336. The molecule has 32 heavy (non-hydrogen) atoms. The van der Waals surface area contributed by atoms with Crippen LogP contribution in [0, 0.1) is 0 Å². The summed E-state index contributed by atoms with van der Waals surface area (Å²) >= 11 is 0. The van der Waals surface area contributed by atoms with E-state index >= 15 is 0 Å². The minimum atomic E-state index is -0.294. The molecule has 7 nitrogen and oxygen atoms in total. The molecule has 1 aromatic heterocycles. The number of amides is 1. The first kappa shape index (κ1) is 20.9. The van der Waals surface area contributed by atoms with E-state index in [1.54, 1.807) is 38.8 Å². The molecule has 160 valence electrons. The highest BCUT2D eigenvalue weighted by atomic mass is 16.5.